The van der Waals surface area contributed by atoms with Crippen molar-refractivity contribution in [3.05, 3.63) is 23.8 Å². The third-order valence-corrected chi connectivity index (χ3v) is 3.73. The molecule has 0 atom stereocenters. The molecule has 2 rings (SSSR count). The van der Waals surface area contributed by atoms with E-state index in [0.29, 0.717) is 12.8 Å². The third-order valence-electron chi connectivity index (χ3n) is 3.73. The molecule has 1 amide bonds. The van der Waals surface area contributed by atoms with Crippen LogP contribution in [0.4, 0.5) is 18.9 Å². The molecule has 21 heavy (non-hydrogen) atoms. The molecule has 0 heterocycles. The summed E-state index contributed by atoms with van der Waals surface area (Å²) in [5, 5.41) is 2.31. The second kappa shape index (κ2) is 5.55. The van der Waals surface area contributed by atoms with Crippen molar-refractivity contribution in [2.45, 2.75) is 37.4 Å². The van der Waals surface area contributed by atoms with Crippen molar-refractivity contribution in [3.8, 4) is 5.75 Å². The Hall–Kier alpha value is -1.76. The molecule has 1 aliphatic rings. The number of hydrogen-bond donors (Lipinski definition) is 2. The molecule has 3 N–H and O–H groups in total. The SMILES string of the molecule is COc1ccc(NC(=O)C2(N)CCCC2)c(C(F)(F)F)c1. The van der Waals surface area contributed by atoms with E-state index < -0.39 is 23.2 Å². The number of nitrogens with two attached hydrogens (primary N) is 1. The molecular weight excluding hydrogens is 285 g/mol. The first-order chi connectivity index (χ1) is 9.76. The number of methoxy groups -OCH3 is 1. The molecule has 116 valence electrons. The summed E-state index contributed by atoms with van der Waals surface area (Å²) in [7, 11) is 1.28. The standard InChI is InChI=1S/C14H17F3N2O2/c1-21-9-4-5-11(10(8-9)14(15,16)17)19-12(20)13(18)6-2-3-7-13/h4-5,8H,2-3,6-7,18H2,1H3,(H,19,20). The van der Waals surface area contributed by atoms with E-state index in [4.69, 9.17) is 10.5 Å². The second-order valence-electron chi connectivity index (χ2n) is 5.23. The van der Waals surface area contributed by atoms with E-state index in [1.165, 1.54) is 19.2 Å². The lowest BCUT2D eigenvalue weighted by atomic mass is 9.97. The summed E-state index contributed by atoms with van der Waals surface area (Å²) in [4.78, 5) is 12.1. The van der Waals surface area contributed by atoms with Crippen molar-refractivity contribution >= 4 is 11.6 Å². The van der Waals surface area contributed by atoms with Crippen molar-refractivity contribution in [3.63, 3.8) is 0 Å². The third kappa shape index (κ3) is 3.29. The van der Waals surface area contributed by atoms with Crippen LogP contribution in [0.3, 0.4) is 0 Å². The van der Waals surface area contributed by atoms with Gasteiger partial charge >= 0.3 is 6.18 Å². The van der Waals surface area contributed by atoms with Crippen LogP contribution in [0.25, 0.3) is 0 Å². The van der Waals surface area contributed by atoms with Crippen molar-refractivity contribution in [1.82, 2.24) is 0 Å². The molecule has 0 unspecified atom stereocenters. The van der Waals surface area contributed by atoms with Gasteiger partial charge in [-0.15, -0.1) is 0 Å². The van der Waals surface area contributed by atoms with Gasteiger partial charge in [0.25, 0.3) is 0 Å². The molecule has 4 nitrogen and oxygen atoms in total. The quantitative estimate of drug-likeness (QED) is 0.902. The van der Waals surface area contributed by atoms with Gasteiger partial charge in [-0.05, 0) is 31.0 Å². The van der Waals surface area contributed by atoms with Crippen LogP contribution in [-0.2, 0) is 11.0 Å². The van der Waals surface area contributed by atoms with Crippen LogP contribution >= 0.6 is 0 Å². The van der Waals surface area contributed by atoms with Gasteiger partial charge in [0, 0.05) is 0 Å². The molecule has 0 radical (unpaired) electrons. The first-order valence-electron chi connectivity index (χ1n) is 6.62. The first-order valence-corrected chi connectivity index (χ1v) is 6.62. The second-order valence-corrected chi connectivity index (χ2v) is 5.23. The Kier molecular flexibility index (Phi) is 4.13. The molecule has 0 bridgehead atoms. The summed E-state index contributed by atoms with van der Waals surface area (Å²) in [5.74, 6) is -0.501. The zero-order valence-corrected chi connectivity index (χ0v) is 11.6. The molecular formula is C14H17F3N2O2. The number of hydrogen-bond acceptors (Lipinski definition) is 3. The molecule has 1 saturated carbocycles. The number of anilines is 1. The Balaban J connectivity index is 2.29. The summed E-state index contributed by atoms with van der Waals surface area (Å²) in [6.07, 6.45) is -2.02. The van der Waals surface area contributed by atoms with E-state index in [1.54, 1.807) is 0 Å². The monoisotopic (exact) mass is 302 g/mol. The summed E-state index contributed by atoms with van der Waals surface area (Å²) >= 11 is 0. The fourth-order valence-corrected chi connectivity index (χ4v) is 2.47. The molecule has 1 aromatic rings. The summed E-state index contributed by atoms with van der Waals surface area (Å²) in [5.41, 5.74) is 3.62. The van der Waals surface area contributed by atoms with Crippen LogP contribution in [0.5, 0.6) is 5.75 Å². The maximum Gasteiger partial charge on any atom is 0.418 e. The Bertz CT molecular complexity index is 538. The van der Waals surface area contributed by atoms with Crippen LogP contribution in [0, 0.1) is 0 Å². The molecule has 0 aromatic heterocycles. The average molecular weight is 302 g/mol. The summed E-state index contributed by atoms with van der Waals surface area (Å²) in [6.45, 7) is 0. The van der Waals surface area contributed by atoms with Gasteiger partial charge in [0.15, 0.2) is 0 Å². The zero-order valence-electron chi connectivity index (χ0n) is 11.6. The van der Waals surface area contributed by atoms with Crippen LogP contribution in [0.1, 0.15) is 31.2 Å². The topological polar surface area (TPSA) is 64.3 Å². The van der Waals surface area contributed by atoms with Crippen LogP contribution < -0.4 is 15.8 Å². The van der Waals surface area contributed by atoms with E-state index in [1.807, 2.05) is 0 Å². The van der Waals surface area contributed by atoms with Crippen molar-refractivity contribution in [2.75, 3.05) is 12.4 Å². The predicted molar refractivity (Wildman–Crippen MR) is 72.0 cm³/mol. The number of ether oxygens (including phenoxy) is 1. The Morgan fingerprint density at radius 2 is 1.95 bits per heavy atom. The number of rotatable bonds is 3. The summed E-state index contributed by atoms with van der Waals surface area (Å²) in [6, 6.07) is 3.40. The number of carbonyl (C=O) groups excluding carboxylic acids is 1. The van der Waals surface area contributed by atoms with Gasteiger partial charge in [0.05, 0.1) is 23.9 Å². The van der Waals surface area contributed by atoms with Crippen molar-refractivity contribution in [2.24, 2.45) is 5.73 Å². The minimum Gasteiger partial charge on any atom is -0.497 e. The van der Waals surface area contributed by atoms with Gasteiger partial charge in [-0.25, -0.2) is 0 Å². The lowest BCUT2D eigenvalue weighted by Crippen LogP contribution is -2.48. The normalized spacial score (nSPS) is 17.6. The van der Waals surface area contributed by atoms with Crippen molar-refractivity contribution < 1.29 is 22.7 Å². The van der Waals surface area contributed by atoms with Gasteiger partial charge < -0.3 is 15.8 Å². The highest BCUT2D eigenvalue weighted by Crippen LogP contribution is 2.38. The van der Waals surface area contributed by atoms with E-state index >= 15 is 0 Å². The predicted octanol–water partition coefficient (Wildman–Crippen LogP) is 2.92. The molecule has 1 aliphatic carbocycles. The Morgan fingerprint density at radius 1 is 1.33 bits per heavy atom. The molecule has 0 saturated heterocycles. The highest BCUT2D eigenvalue weighted by Gasteiger charge is 2.39. The number of halogens is 3. The fourth-order valence-electron chi connectivity index (χ4n) is 2.47. The molecule has 1 fully saturated rings. The molecule has 7 heteroatoms. The highest BCUT2D eigenvalue weighted by atomic mass is 19.4. The first kappa shape index (κ1) is 15.6. The lowest BCUT2D eigenvalue weighted by Gasteiger charge is -2.23. The van der Waals surface area contributed by atoms with E-state index in [0.717, 1.165) is 18.9 Å². The lowest BCUT2D eigenvalue weighted by molar-refractivity contribution is -0.137. The van der Waals surface area contributed by atoms with Gasteiger partial charge in [-0.2, -0.15) is 13.2 Å². The fraction of sp³-hybridized carbons (Fsp3) is 0.500. The van der Waals surface area contributed by atoms with Crippen LogP contribution in [0.15, 0.2) is 18.2 Å². The number of amides is 1. The van der Waals surface area contributed by atoms with Gasteiger partial charge in [0.1, 0.15) is 5.75 Å². The largest absolute Gasteiger partial charge is 0.497 e. The van der Waals surface area contributed by atoms with Gasteiger partial charge in [0.2, 0.25) is 5.91 Å². The molecule has 0 aliphatic heterocycles. The van der Waals surface area contributed by atoms with E-state index in [9.17, 15) is 18.0 Å². The maximum atomic E-state index is 13.0. The Morgan fingerprint density at radius 3 is 2.48 bits per heavy atom. The zero-order chi connectivity index (χ0) is 15.7. The van der Waals surface area contributed by atoms with E-state index in [2.05, 4.69) is 5.32 Å². The van der Waals surface area contributed by atoms with Gasteiger partial charge in [-0.1, -0.05) is 12.8 Å². The smallest absolute Gasteiger partial charge is 0.418 e. The Labute approximate surface area is 120 Å². The summed E-state index contributed by atoms with van der Waals surface area (Å²) < 4.78 is 43.9. The molecule has 1 aromatic carbocycles. The van der Waals surface area contributed by atoms with Crippen LogP contribution in [-0.4, -0.2) is 18.6 Å². The minimum absolute atomic E-state index is 0.0728. The minimum atomic E-state index is -4.59. The van der Waals surface area contributed by atoms with Crippen LogP contribution in [0.2, 0.25) is 0 Å². The number of nitrogens with one attached hydrogen (secondary N) is 1. The van der Waals surface area contributed by atoms with E-state index in [-0.39, 0.29) is 11.4 Å². The maximum absolute atomic E-state index is 13.0. The molecule has 0 spiro atoms. The van der Waals surface area contributed by atoms with Crippen molar-refractivity contribution in [1.29, 1.82) is 0 Å². The number of carbonyl (C=O) groups is 1. The highest BCUT2D eigenvalue weighted by molar-refractivity contribution is 5.98. The van der Waals surface area contributed by atoms with Gasteiger partial charge in [-0.3, -0.25) is 4.79 Å². The average Bonchev–Trinajstić information content (AvgIpc) is 2.86. The number of benzene rings is 1. The number of alkyl halides is 3.